The first-order chi connectivity index (χ1) is 18.2. The lowest BCUT2D eigenvalue weighted by atomic mass is 10.0. The van der Waals surface area contributed by atoms with Gasteiger partial charge in [0.15, 0.2) is 9.84 Å². The normalized spacial score (nSPS) is 16.5. The van der Waals surface area contributed by atoms with E-state index in [0.717, 1.165) is 42.6 Å². The number of anilines is 1. The Morgan fingerprint density at radius 3 is 2.63 bits per heavy atom. The van der Waals surface area contributed by atoms with Crippen LogP contribution in [0.5, 0.6) is 0 Å². The summed E-state index contributed by atoms with van der Waals surface area (Å²) in [7, 11) is -1.29. The van der Waals surface area contributed by atoms with Gasteiger partial charge in [-0.2, -0.15) is 0 Å². The highest BCUT2D eigenvalue weighted by Gasteiger charge is 2.26. The van der Waals surface area contributed by atoms with Crippen LogP contribution in [0.25, 0.3) is 10.9 Å². The molecule has 0 radical (unpaired) electrons. The number of rotatable bonds is 6. The van der Waals surface area contributed by atoms with Gasteiger partial charge in [-0.15, -0.1) is 0 Å². The van der Waals surface area contributed by atoms with Crippen LogP contribution in [0.4, 0.5) is 5.82 Å². The fourth-order valence-electron chi connectivity index (χ4n) is 4.76. The number of hydrogen-bond donors (Lipinski definition) is 1. The van der Waals surface area contributed by atoms with Crippen molar-refractivity contribution in [3.8, 4) is 0 Å². The minimum absolute atomic E-state index is 0.154. The molecule has 1 aliphatic rings. The molecule has 10 heteroatoms. The molecule has 1 saturated heterocycles. The summed E-state index contributed by atoms with van der Waals surface area (Å²) in [5, 5.41) is 3.76. The minimum atomic E-state index is -3.43. The number of carbonyl (C=O) groups excluding carboxylic acids is 1. The SMILES string of the molecule is Cc1ccc(C(=O)NCc2cc3nc(N4CCN(C)C(c5ccncc5)C4)ccc3cn2)cc1S(C)(=O)=O. The lowest BCUT2D eigenvalue weighted by Gasteiger charge is -2.40. The van der Waals surface area contributed by atoms with Crippen molar-refractivity contribution in [1.82, 2.24) is 25.2 Å². The van der Waals surface area contributed by atoms with Gasteiger partial charge in [0.2, 0.25) is 0 Å². The number of benzene rings is 1. The zero-order valence-electron chi connectivity index (χ0n) is 21.6. The number of carbonyl (C=O) groups is 1. The summed E-state index contributed by atoms with van der Waals surface area (Å²) in [6.45, 7) is 4.51. The van der Waals surface area contributed by atoms with E-state index in [0.29, 0.717) is 11.3 Å². The van der Waals surface area contributed by atoms with Gasteiger partial charge in [0.05, 0.1) is 28.7 Å². The Morgan fingerprint density at radius 1 is 1.08 bits per heavy atom. The number of piperazine rings is 1. The molecule has 4 aromatic rings. The Morgan fingerprint density at radius 2 is 1.87 bits per heavy atom. The van der Waals surface area contributed by atoms with Gasteiger partial charge in [-0.05, 0) is 67.6 Å². The highest BCUT2D eigenvalue weighted by atomic mass is 32.2. The number of hydrogen-bond acceptors (Lipinski definition) is 8. The fraction of sp³-hybridized carbons (Fsp3) is 0.286. The average molecular weight is 531 g/mol. The highest BCUT2D eigenvalue weighted by molar-refractivity contribution is 7.90. The van der Waals surface area contributed by atoms with Crippen molar-refractivity contribution in [2.45, 2.75) is 24.4 Å². The summed E-state index contributed by atoms with van der Waals surface area (Å²) >= 11 is 0. The lowest BCUT2D eigenvalue weighted by molar-refractivity contribution is 0.0950. The average Bonchev–Trinajstić information content (AvgIpc) is 2.91. The molecule has 1 aliphatic heterocycles. The third-order valence-electron chi connectivity index (χ3n) is 6.96. The van der Waals surface area contributed by atoms with E-state index >= 15 is 0 Å². The quantitative estimate of drug-likeness (QED) is 0.405. The van der Waals surface area contributed by atoms with Crippen LogP contribution >= 0.6 is 0 Å². The summed E-state index contributed by atoms with van der Waals surface area (Å²) in [5.74, 6) is 0.539. The summed E-state index contributed by atoms with van der Waals surface area (Å²) < 4.78 is 24.0. The molecule has 0 aliphatic carbocycles. The molecule has 38 heavy (non-hydrogen) atoms. The first kappa shape index (κ1) is 25.7. The van der Waals surface area contributed by atoms with E-state index in [2.05, 4.69) is 44.3 Å². The van der Waals surface area contributed by atoms with E-state index in [1.54, 1.807) is 25.3 Å². The van der Waals surface area contributed by atoms with Crippen molar-refractivity contribution in [3.63, 3.8) is 0 Å². The summed E-state index contributed by atoms with van der Waals surface area (Å²) in [6.07, 6.45) is 6.55. The number of pyridine rings is 3. The van der Waals surface area contributed by atoms with E-state index in [-0.39, 0.29) is 29.0 Å². The van der Waals surface area contributed by atoms with Crippen LogP contribution in [-0.2, 0) is 16.4 Å². The largest absolute Gasteiger partial charge is 0.353 e. The maximum Gasteiger partial charge on any atom is 0.251 e. The zero-order valence-corrected chi connectivity index (χ0v) is 22.4. The van der Waals surface area contributed by atoms with Gasteiger partial charge < -0.3 is 10.2 Å². The monoisotopic (exact) mass is 530 g/mol. The Balaban J connectivity index is 1.32. The van der Waals surface area contributed by atoms with Crippen molar-refractivity contribution in [2.75, 3.05) is 37.8 Å². The molecule has 0 spiro atoms. The topological polar surface area (TPSA) is 108 Å². The first-order valence-electron chi connectivity index (χ1n) is 12.4. The van der Waals surface area contributed by atoms with Crippen LogP contribution in [0.15, 0.2) is 72.0 Å². The van der Waals surface area contributed by atoms with Crippen LogP contribution in [-0.4, -0.2) is 67.1 Å². The maximum absolute atomic E-state index is 12.7. The molecule has 1 unspecified atom stereocenters. The van der Waals surface area contributed by atoms with Crippen molar-refractivity contribution >= 4 is 32.5 Å². The fourth-order valence-corrected chi connectivity index (χ4v) is 5.75. The van der Waals surface area contributed by atoms with Gasteiger partial charge in [0.25, 0.3) is 5.91 Å². The smallest absolute Gasteiger partial charge is 0.251 e. The van der Waals surface area contributed by atoms with Crippen molar-refractivity contribution in [2.24, 2.45) is 0 Å². The van der Waals surface area contributed by atoms with Crippen LogP contribution in [0, 0.1) is 6.92 Å². The Kier molecular flexibility index (Phi) is 7.09. The number of nitrogens with one attached hydrogen (secondary N) is 1. The molecule has 5 rings (SSSR count). The highest BCUT2D eigenvalue weighted by Crippen LogP contribution is 2.27. The molecule has 3 aromatic heterocycles. The zero-order chi connectivity index (χ0) is 26.9. The second-order valence-corrected chi connectivity index (χ2v) is 11.7. The number of sulfone groups is 1. The third kappa shape index (κ3) is 5.51. The Bertz CT molecular complexity index is 1590. The second kappa shape index (κ2) is 10.5. The van der Waals surface area contributed by atoms with Crippen molar-refractivity contribution in [3.05, 3.63) is 89.5 Å². The molecule has 1 fully saturated rings. The van der Waals surface area contributed by atoms with Crippen molar-refractivity contribution < 1.29 is 13.2 Å². The number of aromatic nitrogens is 3. The predicted octanol–water partition coefficient (Wildman–Crippen LogP) is 3.16. The summed E-state index contributed by atoms with van der Waals surface area (Å²) in [5.41, 5.74) is 3.59. The molecular formula is C28H30N6O3S. The molecule has 4 heterocycles. The van der Waals surface area contributed by atoms with E-state index in [1.807, 2.05) is 30.6 Å². The molecule has 1 atom stereocenters. The van der Waals surface area contributed by atoms with E-state index < -0.39 is 9.84 Å². The number of aryl methyl sites for hydroxylation is 1. The molecule has 1 aromatic carbocycles. The van der Waals surface area contributed by atoms with Gasteiger partial charge in [-0.3, -0.25) is 19.7 Å². The molecular weight excluding hydrogens is 500 g/mol. The summed E-state index contributed by atoms with van der Waals surface area (Å²) in [6, 6.07) is 15.0. The second-order valence-electron chi connectivity index (χ2n) is 9.70. The number of amides is 1. The predicted molar refractivity (Wildman–Crippen MR) is 147 cm³/mol. The Hall–Kier alpha value is -3.89. The lowest BCUT2D eigenvalue weighted by Crippen LogP contribution is -2.47. The van der Waals surface area contributed by atoms with E-state index in [1.165, 1.54) is 11.6 Å². The number of nitrogens with zero attached hydrogens (tertiary/aromatic N) is 5. The molecule has 9 nitrogen and oxygen atoms in total. The molecule has 196 valence electrons. The van der Waals surface area contributed by atoms with Crippen LogP contribution in [0.2, 0.25) is 0 Å². The van der Waals surface area contributed by atoms with E-state index in [9.17, 15) is 13.2 Å². The molecule has 1 N–H and O–H groups in total. The van der Waals surface area contributed by atoms with Crippen LogP contribution in [0.3, 0.4) is 0 Å². The maximum atomic E-state index is 12.7. The number of fused-ring (bicyclic) bond motifs is 1. The van der Waals surface area contributed by atoms with Gasteiger partial charge in [0, 0.05) is 55.4 Å². The summed E-state index contributed by atoms with van der Waals surface area (Å²) in [4.78, 5) is 31.1. The van der Waals surface area contributed by atoms with Gasteiger partial charge in [-0.1, -0.05) is 6.07 Å². The van der Waals surface area contributed by atoms with Crippen LogP contribution in [0.1, 0.15) is 33.2 Å². The van der Waals surface area contributed by atoms with Gasteiger partial charge in [0.1, 0.15) is 5.82 Å². The molecule has 0 bridgehead atoms. The van der Waals surface area contributed by atoms with Crippen LogP contribution < -0.4 is 10.2 Å². The van der Waals surface area contributed by atoms with Gasteiger partial charge in [-0.25, -0.2) is 13.4 Å². The third-order valence-corrected chi connectivity index (χ3v) is 8.20. The van der Waals surface area contributed by atoms with Crippen molar-refractivity contribution in [1.29, 1.82) is 0 Å². The van der Waals surface area contributed by atoms with Gasteiger partial charge >= 0.3 is 0 Å². The standard InChI is InChI=1S/C28H30N6O3S/c1-19-4-5-21(14-26(19)38(3,36)37)28(35)31-17-23-15-24-22(16-30-23)6-7-27(32-24)34-13-12-33(2)25(18-34)20-8-10-29-11-9-20/h4-11,14-16,25H,12-13,17-18H2,1-3H3,(H,31,35). The molecule has 1 amide bonds. The Labute approximate surface area is 222 Å². The minimum Gasteiger partial charge on any atom is -0.353 e. The first-order valence-corrected chi connectivity index (χ1v) is 14.3. The molecule has 0 saturated carbocycles. The number of likely N-dealkylation sites (N-methyl/N-ethyl adjacent to an activating group) is 1. The van der Waals surface area contributed by atoms with E-state index in [4.69, 9.17) is 4.98 Å².